The van der Waals surface area contributed by atoms with Gasteiger partial charge in [-0.05, 0) is 0 Å². The fourth-order valence-corrected chi connectivity index (χ4v) is 3.51. The monoisotopic (exact) mass is 750 g/mol. The van der Waals surface area contributed by atoms with E-state index in [1.54, 1.807) is 99.1 Å². The number of hydrogen-bond donors (Lipinski definition) is 0. The van der Waals surface area contributed by atoms with Gasteiger partial charge in [-0.25, -0.2) is 59.0 Å². The van der Waals surface area contributed by atoms with E-state index in [9.17, 15) is 19.2 Å². The van der Waals surface area contributed by atoms with Gasteiger partial charge in [-0.2, -0.15) is 0 Å². The van der Waals surface area contributed by atoms with Crippen molar-refractivity contribution in [3.8, 4) is 0 Å². The van der Waals surface area contributed by atoms with Crippen LogP contribution >= 0.6 is 0 Å². The minimum Gasteiger partial charge on any atom is -0.257 e. The topological polar surface area (TPSA) is 211 Å². The fourth-order valence-electron chi connectivity index (χ4n) is 3.51. The Labute approximate surface area is 288 Å². The van der Waals surface area contributed by atoms with E-state index in [0.717, 1.165) is 0 Å². The molecule has 0 bridgehead atoms. The number of nitrogens with zero attached hydrogens (tertiary/aromatic N) is 16. The molecule has 0 aliphatic heterocycles. The molecule has 0 aromatic carbocycles. The predicted molar refractivity (Wildman–Crippen MR) is 163 cm³/mol. The molecule has 0 unspecified atom stereocenters. The minimum atomic E-state index is -0.190. The predicted octanol–water partition coefficient (Wildman–Crippen LogP) is 2.38. The second kappa shape index (κ2) is 17.6. The van der Waals surface area contributed by atoms with Gasteiger partial charge >= 0.3 is 24.1 Å². The summed E-state index contributed by atoms with van der Waals surface area (Å²) >= 11 is 0. The largest absolute Gasteiger partial charge is 0.338 e. The summed E-state index contributed by atoms with van der Waals surface area (Å²) in [6, 6.07) is -0.759. The number of aromatic nitrogens is 16. The Hall–Kier alpha value is -7.02. The van der Waals surface area contributed by atoms with Gasteiger partial charge < -0.3 is 0 Å². The van der Waals surface area contributed by atoms with Crippen molar-refractivity contribution in [2.24, 2.45) is 0 Å². The summed E-state index contributed by atoms with van der Waals surface area (Å²) in [6.07, 6.45) is 36.7. The Kier molecular flexibility index (Phi) is 12.5. The van der Waals surface area contributed by atoms with Crippen LogP contribution in [0.15, 0.2) is 150 Å². The van der Waals surface area contributed by atoms with E-state index in [-0.39, 0.29) is 43.6 Å². The van der Waals surface area contributed by atoms with Crippen LogP contribution < -0.4 is 0 Å². The fraction of sp³-hybridized carbons (Fsp3) is 0. The molecule has 248 valence electrons. The van der Waals surface area contributed by atoms with Crippen LogP contribution in [0.25, 0.3) is 0 Å². The molecule has 8 heterocycles. The summed E-state index contributed by atoms with van der Waals surface area (Å²) in [5, 5.41) is 0. The van der Waals surface area contributed by atoms with Crippen LogP contribution in [0, 0.1) is 0 Å². The molecule has 0 fully saturated rings. The maximum atomic E-state index is 11.4. The van der Waals surface area contributed by atoms with Gasteiger partial charge in [0.1, 0.15) is 50.6 Å². The molecule has 49 heavy (non-hydrogen) atoms. The normalized spacial score (nSPS) is 9.80. The van der Waals surface area contributed by atoms with Crippen LogP contribution in [0.3, 0.4) is 0 Å². The van der Waals surface area contributed by atoms with E-state index in [4.69, 9.17) is 0 Å². The van der Waals surface area contributed by atoms with E-state index in [1.165, 1.54) is 87.2 Å². The van der Waals surface area contributed by atoms with Gasteiger partial charge in [-0.3, -0.25) is 36.5 Å². The van der Waals surface area contributed by atoms with Crippen molar-refractivity contribution in [3.63, 3.8) is 0 Å². The molecule has 20 nitrogen and oxygen atoms in total. The summed E-state index contributed by atoms with van der Waals surface area (Å²) in [7, 11) is 0. The Morgan fingerprint density at radius 2 is 0.388 bits per heavy atom. The molecule has 0 saturated heterocycles. The van der Waals surface area contributed by atoms with Crippen LogP contribution in [-0.2, 0) is 19.5 Å². The van der Waals surface area contributed by atoms with Crippen molar-refractivity contribution < 1.29 is 38.7 Å². The van der Waals surface area contributed by atoms with E-state index in [2.05, 4.69) is 39.9 Å². The van der Waals surface area contributed by atoms with Gasteiger partial charge in [0, 0.05) is 119 Å². The summed E-state index contributed by atoms with van der Waals surface area (Å²) in [5.74, 6) is 0. The van der Waals surface area contributed by atoms with Gasteiger partial charge in [-0.1, -0.05) is 0 Å². The molecule has 0 aliphatic rings. The van der Waals surface area contributed by atoms with Crippen LogP contribution in [0.1, 0.15) is 0 Å². The number of imidazole rings is 8. The van der Waals surface area contributed by atoms with Crippen LogP contribution in [0.2, 0.25) is 0 Å². The average molecular weight is 750 g/mol. The first-order chi connectivity index (χ1) is 23.5. The quantitative estimate of drug-likeness (QED) is 0.205. The van der Waals surface area contributed by atoms with Crippen LogP contribution in [-0.4, -0.2) is 101 Å². The van der Waals surface area contributed by atoms with E-state index in [1.807, 2.05) is 0 Å². The third kappa shape index (κ3) is 9.50. The zero-order valence-corrected chi connectivity index (χ0v) is 26.7. The zero-order chi connectivity index (χ0) is 33.6. The minimum absolute atomic E-state index is 0. The molecule has 8 rings (SSSR count). The second-order valence-corrected chi connectivity index (χ2v) is 8.89. The maximum absolute atomic E-state index is 11.4. The molecule has 8 aromatic heterocycles. The van der Waals surface area contributed by atoms with Crippen LogP contribution in [0.5, 0.6) is 0 Å². The Morgan fingerprint density at radius 3 is 0.469 bits per heavy atom. The molecule has 0 amide bonds. The molecule has 0 aliphatic carbocycles. The van der Waals surface area contributed by atoms with Crippen molar-refractivity contribution >= 4 is 24.1 Å². The standard InChI is InChI=1S/4C7H6N4O.Ru/c4*12-7(10-3-1-8-5-10)11-4-2-9-6-11;/h4*1-6H;. The van der Waals surface area contributed by atoms with Gasteiger partial charge in [0.2, 0.25) is 0 Å². The van der Waals surface area contributed by atoms with Crippen molar-refractivity contribution in [1.29, 1.82) is 0 Å². The van der Waals surface area contributed by atoms with Crippen molar-refractivity contribution in [2.75, 3.05) is 0 Å². The zero-order valence-electron chi connectivity index (χ0n) is 25.0. The van der Waals surface area contributed by atoms with Crippen molar-refractivity contribution in [3.05, 3.63) is 150 Å². The first-order valence-electron chi connectivity index (χ1n) is 13.5. The van der Waals surface area contributed by atoms with Crippen LogP contribution in [0.4, 0.5) is 19.2 Å². The third-order valence-corrected chi connectivity index (χ3v) is 5.80. The summed E-state index contributed by atoms with van der Waals surface area (Å²) in [5.41, 5.74) is 0. The van der Waals surface area contributed by atoms with Gasteiger partial charge in [0.25, 0.3) is 0 Å². The molecule has 8 aromatic rings. The van der Waals surface area contributed by atoms with Gasteiger partial charge in [0.15, 0.2) is 0 Å². The number of carbonyl (C=O) groups excluding carboxylic acids is 4. The summed E-state index contributed by atoms with van der Waals surface area (Å²) in [6.45, 7) is 0. The Balaban J connectivity index is 0.000000146. The molecule has 0 atom stereocenters. The van der Waals surface area contributed by atoms with E-state index in [0.29, 0.717) is 0 Å². The molecular weight excluding hydrogens is 725 g/mol. The molecule has 0 N–H and O–H groups in total. The first-order valence-corrected chi connectivity index (χ1v) is 13.5. The summed E-state index contributed by atoms with van der Waals surface area (Å²) in [4.78, 5) is 75.7. The summed E-state index contributed by atoms with van der Waals surface area (Å²) < 4.78 is 11.0. The van der Waals surface area contributed by atoms with E-state index >= 15 is 0 Å². The Bertz CT molecular complexity index is 1620. The third-order valence-electron chi connectivity index (χ3n) is 5.80. The first kappa shape index (κ1) is 34.8. The maximum Gasteiger partial charge on any atom is 0.338 e. The smallest absolute Gasteiger partial charge is 0.257 e. The molecular formula is C28H24N16O4Ru. The Morgan fingerprint density at radius 1 is 0.265 bits per heavy atom. The molecule has 21 heteroatoms. The van der Waals surface area contributed by atoms with Gasteiger partial charge in [0.05, 0.1) is 0 Å². The number of rotatable bonds is 0. The van der Waals surface area contributed by atoms with Crippen molar-refractivity contribution in [1.82, 2.24) is 76.4 Å². The SMILES string of the molecule is O=C(n1ccnc1)n1ccnc1.O=C(n1ccnc1)n1ccnc1.O=C(n1ccnc1)n1ccnc1.O=C(n1ccnc1)n1ccnc1.[Ru]. The molecule has 0 radical (unpaired) electrons. The molecule has 0 spiro atoms. The number of hydrogen-bond acceptors (Lipinski definition) is 12. The number of carbonyl (C=O) groups is 4. The van der Waals surface area contributed by atoms with Crippen molar-refractivity contribution in [2.45, 2.75) is 0 Å². The molecule has 0 saturated carbocycles. The van der Waals surface area contributed by atoms with E-state index < -0.39 is 0 Å². The van der Waals surface area contributed by atoms with Gasteiger partial charge in [-0.15, -0.1) is 0 Å². The second-order valence-electron chi connectivity index (χ2n) is 8.89. The average Bonchev–Trinajstić information content (AvgIpc) is 3.99.